The fourth-order valence-corrected chi connectivity index (χ4v) is 1.87. The van der Waals surface area contributed by atoms with Crippen molar-refractivity contribution in [1.82, 2.24) is 0 Å². The molecule has 0 nitrogen and oxygen atoms in total. The van der Waals surface area contributed by atoms with Gasteiger partial charge >= 0.3 is 0 Å². The predicted molar refractivity (Wildman–Crippen MR) is 54.5 cm³/mol. The van der Waals surface area contributed by atoms with E-state index in [1.54, 1.807) is 24.3 Å². The molecule has 0 saturated carbocycles. The second-order valence-electron chi connectivity index (χ2n) is 2.98. The van der Waals surface area contributed by atoms with Crippen molar-refractivity contribution in [3.63, 3.8) is 0 Å². The molecule has 0 amide bonds. The van der Waals surface area contributed by atoms with Crippen LogP contribution in [0.2, 0.25) is 0 Å². The molecule has 2 rings (SSSR count). The maximum absolute atomic E-state index is 13.2. The molecule has 0 fully saturated rings. The zero-order valence-electron chi connectivity index (χ0n) is 7.25. The maximum Gasteiger partial charge on any atom is 0.126 e. The fraction of sp³-hybridized carbons (Fsp3) is 0.0909. The lowest BCUT2D eigenvalue weighted by Crippen LogP contribution is -1.82. The Hall–Kier alpha value is -1.15. The van der Waals surface area contributed by atoms with E-state index in [9.17, 15) is 4.39 Å². The predicted octanol–water partition coefficient (Wildman–Crippen LogP) is 3.86. The topological polar surface area (TPSA) is 0 Å². The van der Waals surface area contributed by atoms with E-state index in [0.29, 0.717) is 5.56 Å². The smallest absolute Gasteiger partial charge is 0.126 e. The molecule has 1 aromatic carbocycles. The van der Waals surface area contributed by atoms with Gasteiger partial charge in [0.15, 0.2) is 0 Å². The van der Waals surface area contributed by atoms with Crippen LogP contribution in [0.1, 0.15) is 5.56 Å². The Balaban J connectivity index is 2.49. The van der Waals surface area contributed by atoms with Gasteiger partial charge in [0.1, 0.15) is 5.82 Å². The fourth-order valence-electron chi connectivity index (χ4n) is 1.20. The van der Waals surface area contributed by atoms with Crippen LogP contribution in [-0.4, -0.2) is 0 Å². The molecule has 0 atom stereocenters. The quantitative estimate of drug-likeness (QED) is 0.643. The first-order chi connectivity index (χ1) is 6.27. The second kappa shape index (κ2) is 3.30. The van der Waals surface area contributed by atoms with Crippen LogP contribution in [0.15, 0.2) is 35.0 Å². The Bertz CT molecular complexity index is 404. The summed E-state index contributed by atoms with van der Waals surface area (Å²) in [6, 6.07) is 7.33. The van der Waals surface area contributed by atoms with Gasteiger partial charge in [0.25, 0.3) is 0 Å². The number of hydrogen-bond donors (Lipinski definition) is 0. The molecule has 66 valence electrons. The van der Waals surface area contributed by atoms with Gasteiger partial charge in [-0.15, -0.1) is 0 Å². The molecular weight excluding hydrogens is 183 g/mol. The zero-order chi connectivity index (χ0) is 9.26. The van der Waals surface area contributed by atoms with Crippen LogP contribution in [0.3, 0.4) is 0 Å². The Morgan fingerprint density at radius 3 is 2.62 bits per heavy atom. The van der Waals surface area contributed by atoms with E-state index < -0.39 is 0 Å². The van der Waals surface area contributed by atoms with E-state index in [2.05, 4.69) is 0 Å². The largest absolute Gasteiger partial charge is 0.207 e. The molecule has 2 aromatic rings. The highest BCUT2D eigenvalue weighted by Crippen LogP contribution is 2.23. The first kappa shape index (κ1) is 8.45. The number of hydrogen-bond acceptors (Lipinski definition) is 1. The molecule has 0 bridgehead atoms. The average molecular weight is 192 g/mol. The maximum atomic E-state index is 13.2. The number of thiophene rings is 1. The first-order valence-electron chi connectivity index (χ1n) is 4.06. The van der Waals surface area contributed by atoms with Gasteiger partial charge in [0.2, 0.25) is 0 Å². The summed E-state index contributed by atoms with van der Waals surface area (Å²) in [7, 11) is 0. The van der Waals surface area contributed by atoms with Crippen molar-refractivity contribution in [1.29, 1.82) is 0 Å². The molecule has 13 heavy (non-hydrogen) atoms. The van der Waals surface area contributed by atoms with Gasteiger partial charge in [-0.1, -0.05) is 12.1 Å². The van der Waals surface area contributed by atoms with E-state index in [-0.39, 0.29) is 5.82 Å². The molecule has 0 aliphatic carbocycles. The lowest BCUT2D eigenvalue weighted by Gasteiger charge is -1.99. The summed E-state index contributed by atoms with van der Waals surface area (Å²) in [5, 5.41) is 4.01. The van der Waals surface area contributed by atoms with Gasteiger partial charge in [-0.2, -0.15) is 11.3 Å². The van der Waals surface area contributed by atoms with Crippen LogP contribution in [0, 0.1) is 12.7 Å². The molecule has 2 heteroatoms. The molecule has 0 radical (unpaired) electrons. The molecule has 0 aliphatic heterocycles. The summed E-state index contributed by atoms with van der Waals surface area (Å²) in [4.78, 5) is 0. The van der Waals surface area contributed by atoms with E-state index in [1.165, 1.54) is 0 Å². The van der Waals surface area contributed by atoms with Crippen LogP contribution >= 0.6 is 11.3 Å². The Morgan fingerprint density at radius 1 is 1.15 bits per heavy atom. The van der Waals surface area contributed by atoms with Crippen molar-refractivity contribution in [3.05, 3.63) is 46.4 Å². The molecular formula is C11H9FS. The van der Waals surface area contributed by atoms with Gasteiger partial charge in [0.05, 0.1) is 0 Å². The summed E-state index contributed by atoms with van der Waals surface area (Å²) >= 11 is 1.62. The average Bonchev–Trinajstić information content (AvgIpc) is 2.62. The molecule has 0 unspecified atom stereocenters. The van der Waals surface area contributed by atoms with E-state index in [4.69, 9.17) is 0 Å². The van der Waals surface area contributed by atoms with Crippen molar-refractivity contribution < 1.29 is 4.39 Å². The Morgan fingerprint density at radius 2 is 2.00 bits per heavy atom. The highest BCUT2D eigenvalue weighted by Gasteiger charge is 2.01. The van der Waals surface area contributed by atoms with Gasteiger partial charge in [-0.25, -0.2) is 4.39 Å². The highest BCUT2D eigenvalue weighted by molar-refractivity contribution is 7.08. The van der Waals surface area contributed by atoms with Crippen molar-refractivity contribution in [2.75, 3.05) is 0 Å². The number of benzene rings is 1. The van der Waals surface area contributed by atoms with E-state index in [1.807, 2.05) is 29.0 Å². The van der Waals surface area contributed by atoms with Crippen molar-refractivity contribution in [2.24, 2.45) is 0 Å². The standard InChI is InChI=1S/C11H9FS/c1-8-2-3-9(6-11(8)12)10-4-5-13-7-10/h2-7H,1H3. The molecule has 0 saturated heterocycles. The molecule has 0 aliphatic rings. The van der Waals surface area contributed by atoms with Crippen LogP contribution in [0.5, 0.6) is 0 Å². The lowest BCUT2D eigenvalue weighted by atomic mass is 10.1. The van der Waals surface area contributed by atoms with Crippen molar-refractivity contribution >= 4 is 11.3 Å². The third-order valence-electron chi connectivity index (χ3n) is 2.03. The third kappa shape index (κ3) is 1.63. The highest BCUT2D eigenvalue weighted by atomic mass is 32.1. The van der Waals surface area contributed by atoms with Gasteiger partial charge < -0.3 is 0 Å². The molecule has 1 aromatic heterocycles. The number of aryl methyl sites for hydroxylation is 1. The normalized spacial score (nSPS) is 10.3. The number of rotatable bonds is 1. The van der Waals surface area contributed by atoms with Crippen LogP contribution in [-0.2, 0) is 0 Å². The third-order valence-corrected chi connectivity index (χ3v) is 2.71. The molecule has 1 heterocycles. The summed E-state index contributed by atoms with van der Waals surface area (Å²) in [6.45, 7) is 1.77. The minimum absolute atomic E-state index is 0.135. The number of halogens is 1. The second-order valence-corrected chi connectivity index (χ2v) is 3.76. The minimum atomic E-state index is -0.135. The SMILES string of the molecule is Cc1ccc(-c2ccsc2)cc1F. The summed E-state index contributed by atoms with van der Waals surface area (Å²) in [6.07, 6.45) is 0. The summed E-state index contributed by atoms with van der Waals surface area (Å²) in [5.41, 5.74) is 2.73. The first-order valence-corrected chi connectivity index (χ1v) is 5.00. The summed E-state index contributed by atoms with van der Waals surface area (Å²) < 4.78 is 13.2. The van der Waals surface area contributed by atoms with E-state index >= 15 is 0 Å². The van der Waals surface area contributed by atoms with Crippen molar-refractivity contribution in [3.8, 4) is 11.1 Å². The molecule has 0 spiro atoms. The van der Waals surface area contributed by atoms with Crippen LogP contribution < -0.4 is 0 Å². The van der Waals surface area contributed by atoms with Gasteiger partial charge in [0, 0.05) is 0 Å². The molecule has 0 N–H and O–H groups in total. The Kier molecular flexibility index (Phi) is 2.15. The minimum Gasteiger partial charge on any atom is -0.207 e. The zero-order valence-corrected chi connectivity index (χ0v) is 8.07. The van der Waals surface area contributed by atoms with Crippen LogP contribution in [0.4, 0.5) is 4.39 Å². The van der Waals surface area contributed by atoms with E-state index in [0.717, 1.165) is 11.1 Å². The van der Waals surface area contributed by atoms with Gasteiger partial charge in [-0.05, 0) is 46.5 Å². The lowest BCUT2D eigenvalue weighted by molar-refractivity contribution is 0.619. The van der Waals surface area contributed by atoms with Crippen molar-refractivity contribution in [2.45, 2.75) is 6.92 Å². The monoisotopic (exact) mass is 192 g/mol. The Labute approximate surface area is 80.7 Å². The summed E-state index contributed by atoms with van der Waals surface area (Å²) in [5.74, 6) is -0.135. The van der Waals surface area contributed by atoms with Gasteiger partial charge in [-0.3, -0.25) is 0 Å². The van der Waals surface area contributed by atoms with Crippen LogP contribution in [0.25, 0.3) is 11.1 Å².